The first-order valence-electron chi connectivity index (χ1n) is 9.60. The van der Waals surface area contributed by atoms with Crippen LogP contribution in [0.15, 0.2) is 29.9 Å². The monoisotopic (exact) mass is 422 g/mol. The molecule has 0 spiro atoms. The lowest BCUT2D eigenvalue weighted by molar-refractivity contribution is -0.126. The van der Waals surface area contributed by atoms with Crippen LogP contribution in [0.1, 0.15) is 37.6 Å². The van der Waals surface area contributed by atoms with E-state index >= 15 is 0 Å². The fraction of sp³-hybridized carbons (Fsp3) is 0.526. The van der Waals surface area contributed by atoms with Gasteiger partial charge in [0.05, 0.1) is 18.0 Å². The van der Waals surface area contributed by atoms with Gasteiger partial charge in [0.2, 0.25) is 15.9 Å². The van der Waals surface area contributed by atoms with E-state index in [1.807, 2.05) is 24.4 Å². The maximum atomic E-state index is 12.5. The lowest BCUT2D eigenvalue weighted by Crippen LogP contribution is -2.43. The predicted octanol–water partition coefficient (Wildman–Crippen LogP) is 2.66. The molecule has 1 aliphatic heterocycles. The zero-order valence-electron chi connectivity index (χ0n) is 16.0. The van der Waals surface area contributed by atoms with Crippen LogP contribution in [-0.2, 0) is 21.4 Å². The van der Waals surface area contributed by atoms with E-state index in [0.29, 0.717) is 38.9 Å². The number of hydrogen-bond acceptors (Lipinski definition) is 6. The van der Waals surface area contributed by atoms with Crippen molar-refractivity contribution in [1.82, 2.24) is 19.6 Å². The third-order valence-electron chi connectivity index (χ3n) is 4.92. The number of sulfonamides is 1. The topological polar surface area (TPSA) is 92.3 Å². The molecule has 1 amide bonds. The lowest BCUT2D eigenvalue weighted by atomic mass is 9.97. The summed E-state index contributed by atoms with van der Waals surface area (Å²) in [6.45, 7) is 3.22. The zero-order chi connectivity index (χ0) is 20.0. The first-order chi connectivity index (χ1) is 13.5. The fourth-order valence-electron chi connectivity index (χ4n) is 3.21. The Kier molecular flexibility index (Phi) is 7.14. The number of unbranched alkanes of at least 4 members (excludes halogenated alkanes) is 1. The average molecular weight is 423 g/mol. The summed E-state index contributed by atoms with van der Waals surface area (Å²) in [7, 11) is -3.18. The Morgan fingerprint density at radius 2 is 2.00 bits per heavy atom. The minimum Gasteiger partial charge on any atom is -0.349 e. The largest absolute Gasteiger partial charge is 0.349 e. The molecule has 0 unspecified atom stereocenters. The third kappa shape index (κ3) is 5.36. The van der Waals surface area contributed by atoms with E-state index in [0.717, 1.165) is 22.7 Å². The second-order valence-corrected chi connectivity index (χ2v) is 9.95. The summed E-state index contributed by atoms with van der Waals surface area (Å²) in [5.41, 5.74) is 1.88. The van der Waals surface area contributed by atoms with Gasteiger partial charge in [-0.1, -0.05) is 13.3 Å². The number of rotatable bonds is 8. The van der Waals surface area contributed by atoms with Crippen LogP contribution in [0.4, 0.5) is 0 Å². The zero-order valence-corrected chi connectivity index (χ0v) is 17.6. The number of carbonyl (C=O) groups excluding carboxylic acids is 1. The van der Waals surface area contributed by atoms with E-state index in [1.165, 1.54) is 15.6 Å². The van der Waals surface area contributed by atoms with Crippen LogP contribution in [0, 0.1) is 5.92 Å². The summed E-state index contributed by atoms with van der Waals surface area (Å²) in [6.07, 6.45) is 6.13. The molecule has 0 atom stereocenters. The van der Waals surface area contributed by atoms with Gasteiger partial charge in [0.1, 0.15) is 5.01 Å². The molecule has 0 aromatic carbocycles. The van der Waals surface area contributed by atoms with Crippen LogP contribution in [-0.4, -0.2) is 47.4 Å². The second kappa shape index (κ2) is 9.58. The minimum absolute atomic E-state index is 0.0220. The second-order valence-electron chi connectivity index (χ2n) is 6.92. The van der Waals surface area contributed by atoms with Gasteiger partial charge in [0, 0.05) is 42.3 Å². The number of pyridine rings is 1. The maximum Gasteiger partial charge on any atom is 0.223 e. The highest BCUT2D eigenvalue weighted by Gasteiger charge is 2.30. The highest BCUT2D eigenvalue weighted by molar-refractivity contribution is 7.89. The Bertz CT molecular complexity index is 876. The Morgan fingerprint density at radius 3 is 2.68 bits per heavy atom. The van der Waals surface area contributed by atoms with E-state index in [2.05, 4.69) is 15.3 Å². The molecule has 3 rings (SSSR count). The fourth-order valence-corrected chi connectivity index (χ4v) is 5.63. The molecule has 28 heavy (non-hydrogen) atoms. The molecule has 1 saturated heterocycles. The minimum atomic E-state index is -3.18. The molecule has 152 valence electrons. The van der Waals surface area contributed by atoms with Crippen molar-refractivity contribution in [2.75, 3.05) is 18.8 Å². The highest BCUT2D eigenvalue weighted by atomic mass is 32.2. The van der Waals surface area contributed by atoms with E-state index in [1.54, 1.807) is 12.4 Å². The van der Waals surface area contributed by atoms with Crippen molar-refractivity contribution < 1.29 is 13.2 Å². The van der Waals surface area contributed by atoms with Gasteiger partial charge in [-0.25, -0.2) is 17.7 Å². The summed E-state index contributed by atoms with van der Waals surface area (Å²) in [5.74, 6) is 0.0352. The van der Waals surface area contributed by atoms with Gasteiger partial charge in [-0.2, -0.15) is 0 Å². The molecular weight excluding hydrogens is 396 g/mol. The molecule has 7 nitrogen and oxygen atoms in total. The van der Waals surface area contributed by atoms with Crippen LogP contribution in [0.25, 0.3) is 11.3 Å². The van der Waals surface area contributed by atoms with Crippen molar-refractivity contribution in [3.8, 4) is 11.3 Å². The number of thiazole rings is 1. The average Bonchev–Trinajstić information content (AvgIpc) is 3.20. The van der Waals surface area contributed by atoms with Crippen molar-refractivity contribution in [3.05, 3.63) is 34.9 Å². The first kappa shape index (κ1) is 20.9. The summed E-state index contributed by atoms with van der Waals surface area (Å²) < 4.78 is 26.1. The van der Waals surface area contributed by atoms with Gasteiger partial charge in [-0.3, -0.25) is 9.78 Å². The smallest absolute Gasteiger partial charge is 0.223 e. The molecule has 9 heteroatoms. The van der Waals surface area contributed by atoms with Crippen molar-refractivity contribution in [1.29, 1.82) is 0 Å². The van der Waals surface area contributed by atoms with E-state index in [-0.39, 0.29) is 17.6 Å². The summed E-state index contributed by atoms with van der Waals surface area (Å²) in [4.78, 5) is 21.0. The molecule has 0 radical (unpaired) electrons. The Balaban J connectivity index is 1.47. The SMILES string of the molecule is CCCCS(=O)(=O)N1CCC(C(=O)NCc2nc(-c3ccncc3)cs2)CC1. The molecule has 1 aliphatic rings. The first-order valence-corrected chi connectivity index (χ1v) is 12.1. The van der Waals surface area contributed by atoms with Crippen LogP contribution < -0.4 is 5.32 Å². The standard InChI is InChI=1S/C19H26N4O3S2/c1-2-3-12-28(25,26)23-10-6-16(7-11-23)19(24)21-13-18-22-17(14-27-18)15-4-8-20-9-5-15/h4-5,8-9,14,16H,2-3,6-7,10-13H2,1H3,(H,21,24). The van der Waals surface area contributed by atoms with Gasteiger partial charge >= 0.3 is 0 Å². The molecule has 2 aromatic rings. The molecule has 3 heterocycles. The quantitative estimate of drug-likeness (QED) is 0.706. The molecule has 2 aromatic heterocycles. The number of aromatic nitrogens is 2. The number of nitrogens with one attached hydrogen (secondary N) is 1. The van der Waals surface area contributed by atoms with Crippen molar-refractivity contribution in [2.24, 2.45) is 5.92 Å². The van der Waals surface area contributed by atoms with Crippen LogP contribution in [0.2, 0.25) is 0 Å². The molecule has 0 aliphatic carbocycles. The summed E-state index contributed by atoms with van der Waals surface area (Å²) in [6, 6.07) is 3.81. The van der Waals surface area contributed by atoms with Crippen LogP contribution in [0.5, 0.6) is 0 Å². The molecule has 1 fully saturated rings. The van der Waals surface area contributed by atoms with Crippen molar-refractivity contribution >= 4 is 27.3 Å². The van der Waals surface area contributed by atoms with Crippen molar-refractivity contribution in [2.45, 2.75) is 39.2 Å². The van der Waals surface area contributed by atoms with Crippen LogP contribution in [0.3, 0.4) is 0 Å². The van der Waals surface area contributed by atoms with Crippen LogP contribution >= 0.6 is 11.3 Å². The number of hydrogen-bond donors (Lipinski definition) is 1. The van der Waals surface area contributed by atoms with Gasteiger partial charge in [-0.05, 0) is 31.4 Å². The van der Waals surface area contributed by atoms with Crippen molar-refractivity contribution in [3.63, 3.8) is 0 Å². The Hall–Kier alpha value is -1.84. The molecule has 0 bridgehead atoms. The Labute approximate surface area is 170 Å². The van der Waals surface area contributed by atoms with Gasteiger partial charge in [-0.15, -0.1) is 11.3 Å². The highest BCUT2D eigenvalue weighted by Crippen LogP contribution is 2.23. The maximum absolute atomic E-state index is 12.5. The van der Waals surface area contributed by atoms with E-state index in [4.69, 9.17) is 0 Å². The summed E-state index contributed by atoms with van der Waals surface area (Å²) in [5, 5.41) is 5.77. The number of amides is 1. The molecular formula is C19H26N4O3S2. The Morgan fingerprint density at radius 1 is 1.29 bits per heavy atom. The number of carbonyl (C=O) groups is 1. The lowest BCUT2D eigenvalue weighted by Gasteiger charge is -2.30. The van der Waals surface area contributed by atoms with E-state index in [9.17, 15) is 13.2 Å². The molecule has 0 saturated carbocycles. The molecule has 1 N–H and O–H groups in total. The predicted molar refractivity (Wildman–Crippen MR) is 110 cm³/mol. The number of nitrogens with zero attached hydrogens (tertiary/aromatic N) is 3. The normalized spacial score (nSPS) is 16.2. The third-order valence-corrected chi connectivity index (χ3v) is 7.72. The van der Waals surface area contributed by atoms with Gasteiger partial charge < -0.3 is 5.32 Å². The van der Waals surface area contributed by atoms with Gasteiger partial charge in [0.25, 0.3) is 0 Å². The number of piperidine rings is 1. The van der Waals surface area contributed by atoms with E-state index < -0.39 is 10.0 Å². The van der Waals surface area contributed by atoms with Gasteiger partial charge in [0.15, 0.2) is 0 Å². The summed E-state index contributed by atoms with van der Waals surface area (Å²) >= 11 is 1.51.